The van der Waals surface area contributed by atoms with E-state index >= 15 is 0 Å². The summed E-state index contributed by atoms with van der Waals surface area (Å²) in [5.74, 6) is 0.784. The van der Waals surface area contributed by atoms with Gasteiger partial charge in [-0.1, -0.05) is 6.92 Å². The molecule has 0 saturated carbocycles. The van der Waals surface area contributed by atoms with Gasteiger partial charge < -0.3 is 25.5 Å². The summed E-state index contributed by atoms with van der Waals surface area (Å²) in [7, 11) is 0. The molecule has 1 aliphatic rings. The molecule has 0 spiro atoms. The second-order valence-corrected chi connectivity index (χ2v) is 8.88. The Balaban J connectivity index is 1.60. The summed E-state index contributed by atoms with van der Waals surface area (Å²) in [5.41, 5.74) is 2.64. The summed E-state index contributed by atoms with van der Waals surface area (Å²) in [6, 6.07) is 10.7. The third-order valence-corrected chi connectivity index (χ3v) is 5.86. The lowest BCUT2D eigenvalue weighted by molar-refractivity contribution is 0.0299. The molecule has 0 radical (unpaired) electrons. The first-order valence-electron chi connectivity index (χ1n) is 11.6. The molecule has 1 fully saturated rings. The molecular formula is C26H30N6O3. The van der Waals surface area contributed by atoms with Gasteiger partial charge in [0.15, 0.2) is 0 Å². The molecule has 3 aromatic rings. The van der Waals surface area contributed by atoms with Crippen molar-refractivity contribution in [3.8, 4) is 11.3 Å². The van der Waals surface area contributed by atoms with Gasteiger partial charge >= 0.3 is 0 Å². The highest BCUT2D eigenvalue weighted by Gasteiger charge is 2.22. The van der Waals surface area contributed by atoms with Crippen LogP contribution >= 0.6 is 0 Å². The molecule has 0 bridgehead atoms. The van der Waals surface area contributed by atoms with Crippen LogP contribution in [0, 0.1) is 5.41 Å². The Morgan fingerprint density at radius 3 is 2.60 bits per heavy atom. The second-order valence-electron chi connectivity index (χ2n) is 8.88. The molecule has 1 amide bonds. The summed E-state index contributed by atoms with van der Waals surface area (Å²) >= 11 is 0. The van der Waals surface area contributed by atoms with Crippen molar-refractivity contribution >= 4 is 23.3 Å². The van der Waals surface area contributed by atoms with E-state index in [2.05, 4.69) is 20.3 Å². The minimum Gasteiger partial charge on any atom is -0.386 e. The van der Waals surface area contributed by atoms with Crippen molar-refractivity contribution in [3.05, 3.63) is 65.6 Å². The number of hydrogen-bond donors (Lipinski definition) is 3. The fourth-order valence-electron chi connectivity index (χ4n) is 3.75. The summed E-state index contributed by atoms with van der Waals surface area (Å²) in [6.45, 7) is 7.45. The number of carbonyl (C=O) groups is 1. The van der Waals surface area contributed by atoms with Crippen LogP contribution in [-0.4, -0.2) is 62.9 Å². The maximum Gasteiger partial charge on any atom is 0.272 e. The van der Waals surface area contributed by atoms with Gasteiger partial charge in [0.2, 0.25) is 0 Å². The van der Waals surface area contributed by atoms with E-state index in [1.54, 1.807) is 55.4 Å². The van der Waals surface area contributed by atoms with E-state index in [0.717, 1.165) is 11.1 Å². The number of aliphatic hydroxyl groups is 1. The summed E-state index contributed by atoms with van der Waals surface area (Å²) in [4.78, 5) is 28.1. The molecule has 1 saturated heterocycles. The fraction of sp³-hybridized carbons (Fsp3) is 0.346. The number of amides is 1. The van der Waals surface area contributed by atoms with Gasteiger partial charge in [0.25, 0.3) is 5.91 Å². The minimum atomic E-state index is -0.970. The molecule has 9 heteroatoms. The standard InChI is InChI=1S/C26H30N6O3/c1-4-20(27)19-6-7-21(25(33)32-11-13-35-14-12-32)30-24(19)31-23-8-5-17(16-29-23)22-15-18(9-10-28-22)26(2,3)34/h5-10,15-16,27,34H,4,11-14H2,1-3H3,(H,29,30,31). The number of hydrogen-bond acceptors (Lipinski definition) is 8. The van der Waals surface area contributed by atoms with E-state index in [-0.39, 0.29) is 5.91 Å². The van der Waals surface area contributed by atoms with Gasteiger partial charge in [-0.2, -0.15) is 0 Å². The number of nitrogens with zero attached hydrogens (tertiary/aromatic N) is 4. The van der Waals surface area contributed by atoms with Crippen LogP contribution in [0.3, 0.4) is 0 Å². The molecule has 4 heterocycles. The Labute approximate surface area is 204 Å². The molecule has 182 valence electrons. The highest BCUT2D eigenvalue weighted by molar-refractivity contribution is 6.03. The number of pyridine rings is 3. The first kappa shape index (κ1) is 24.4. The van der Waals surface area contributed by atoms with E-state index in [1.807, 2.05) is 19.1 Å². The second kappa shape index (κ2) is 10.3. The summed E-state index contributed by atoms with van der Waals surface area (Å²) < 4.78 is 5.34. The van der Waals surface area contributed by atoms with Crippen molar-refractivity contribution in [1.29, 1.82) is 5.41 Å². The Hall–Kier alpha value is -3.69. The molecule has 3 N–H and O–H groups in total. The van der Waals surface area contributed by atoms with Crippen LogP contribution in [0.15, 0.2) is 48.8 Å². The number of nitrogens with one attached hydrogen (secondary N) is 2. The van der Waals surface area contributed by atoms with Crippen molar-refractivity contribution in [1.82, 2.24) is 19.9 Å². The Morgan fingerprint density at radius 1 is 1.17 bits per heavy atom. The molecule has 9 nitrogen and oxygen atoms in total. The minimum absolute atomic E-state index is 0.160. The summed E-state index contributed by atoms with van der Waals surface area (Å²) in [6.07, 6.45) is 3.88. The van der Waals surface area contributed by atoms with E-state index in [4.69, 9.17) is 10.1 Å². The van der Waals surface area contributed by atoms with Crippen molar-refractivity contribution in [2.75, 3.05) is 31.6 Å². The number of ether oxygens (including phenoxy) is 1. The Kier molecular flexibility index (Phi) is 7.18. The fourth-order valence-corrected chi connectivity index (χ4v) is 3.75. The van der Waals surface area contributed by atoms with Crippen molar-refractivity contribution in [3.63, 3.8) is 0 Å². The Morgan fingerprint density at radius 2 is 1.94 bits per heavy atom. The zero-order chi connectivity index (χ0) is 25.0. The number of carbonyl (C=O) groups excluding carboxylic acids is 1. The van der Waals surface area contributed by atoms with Gasteiger partial charge in [0.05, 0.1) is 24.5 Å². The quantitative estimate of drug-likeness (QED) is 0.445. The van der Waals surface area contributed by atoms with Gasteiger partial charge in [0.1, 0.15) is 17.3 Å². The van der Waals surface area contributed by atoms with Gasteiger partial charge in [-0.25, -0.2) is 9.97 Å². The predicted molar refractivity (Wildman–Crippen MR) is 134 cm³/mol. The SMILES string of the molecule is CCC(=N)c1ccc(C(=O)N2CCOCC2)nc1Nc1ccc(-c2cc(C(C)(C)O)ccn2)cn1. The normalized spacial score (nSPS) is 14.0. The maximum atomic E-state index is 12.9. The van der Waals surface area contributed by atoms with Gasteiger partial charge in [-0.15, -0.1) is 0 Å². The molecule has 0 unspecified atom stereocenters. The third kappa shape index (κ3) is 5.70. The third-order valence-electron chi connectivity index (χ3n) is 5.86. The molecule has 1 aliphatic heterocycles. The molecular weight excluding hydrogens is 444 g/mol. The average Bonchev–Trinajstić information content (AvgIpc) is 2.88. The van der Waals surface area contributed by atoms with Crippen LogP contribution in [0.5, 0.6) is 0 Å². The average molecular weight is 475 g/mol. The maximum absolute atomic E-state index is 12.9. The van der Waals surface area contributed by atoms with Gasteiger partial charge in [-0.3, -0.25) is 9.78 Å². The lowest BCUT2D eigenvalue weighted by Gasteiger charge is -2.26. The van der Waals surface area contributed by atoms with Gasteiger partial charge in [0, 0.05) is 42.3 Å². The van der Waals surface area contributed by atoms with Crippen molar-refractivity contribution in [2.45, 2.75) is 32.8 Å². The Bertz CT molecular complexity index is 1210. The van der Waals surface area contributed by atoms with Crippen molar-refractivity contribution < 1.29 is 14.6 Å². The molecule has 0 aliphatic carbocycles. The number of aromatic nitrogens is 3. The van der Waals surface area contributed by atoms with Crippen LogP contribution in [-0.2, 0) is 10.3 Å². The van der Waals surface area contributed by atoms with Crippen LogP contribution in [0.1, 0.15) is 48.8 Å². The zero-order valence-electron chi connectivity index (χ0n) is 20.2. The number of rotatable bonds is 7. The summed E-state index contributed by atoms with van der Waals surface area (Å²) in [5, 5.41) is 21.8. The molecule has 35 heavy (non-hydrogen) atoms. The lowest BCUT2D eigenvalue weighted by atomic mass is 9.98. The first-order valence-corrected chi connectivity index (χ1v) is 11.6. The highest BCUT2D eigenvalue weighted by atomic mass is 16.5. The predicted octanol–water partition coefficient (Wildman–Crippen LogP) is 3.76. The molecule has 4 rings (SSSR count). The van der Waals surface area contributed by atoms with E-state index < -0.39 is 5.60 Å². The lowest BCUT2D eigenvalue weighted by Crippen LogP contribution is -2.41. The zero-order valence-corrected chi connectivity index (χ0v) is 20.2. The van der Waals surface area contributed by atoms with Crippen LogP contribution in [0.4, 0.5) is 11.6 Å². The smallest absolute Gasteiger partial charge is 0.272 e. The molecule has 0 atom stereocenters. The first-order chi connectivity index (χ1) is 16.8. The van der Waals surface area contributed by atoms with E-state index in [1.165, 1.54) is 0 Å². The highest BCUT2D eigenvalue weighted by Crippen LogP contribution is 2.26. The van der Waals surface area contributed by atoms with Crippen LogP contribution in [0.25, 0.3) is 11.3 Å². The topological polar surface area (TPSA) is 124 Å². The molecule has 3 aromatic heterocycles. The van der Waals surface area contributed by atoms with Crippen LogP contribution in [0.2, 0.25) is 0 Å². The van der Waals surface area contributed by atoms with Crippen molar-refractivity contribution in [2.24, 2.45) is 0 Å². The monoisotopic (exact) mass is 474 g/mol. The van der Waals surface area contributed by atoms with Crippen LogP contribution < -0.4 is 5.32 Å². The molecule has 0 aromatic carbocycles. The number of morpholine rings is 1. The van der Waals surface area contributed by atoms with E-state index in [0.29, 0.717) is 67.0 Å². The van der Waals surface area contributed by atoms with E-state index in [9.17, 15) is 9.90 Å². The number of anilines is 2. The largest absolute Gasteiger partial charge is 0.386 e. The van der Waals surface area contributed by atoms with Gasteiger partial charge in [-0.05, 0) is 62.2 Å².